The lowest BCUT2D eigenvalue weighted by molar-refractivity contribution is 0.167. The van der Waals surface area contributed by atoms with E-state index in [1.807, 2.05) is 30.3 Å². The van der Waals surface area contributed by atoms with Crippen LogP contribution in [0.1, 0.15) is 24.5 Å². The summed E-state index contributed by atoms with van der Waals surface area (Å²) in [6, 6.07) is 8.94. The third-order valence-corrected chi connectivity index (χ3v) is 2.48. The predicted molar refractivity (Wildman–Crippen MR) is 68.0 cm³/mol. The van der Waals surface area contributed by atoms with Crippen LogP contribution in [0.5, 0.6) is 0 Å². The van der Waals surface area contributed by atoms with E-state index in [1.165, 1.54) is 0 Å². The molecule has 0 heterocycles. The van der Waals surface area contributed by atoms with Crippen molar-refractivity contribution in [2.75, 3.05) is 19.8 Å². The molecule has 0 fully saturated rings. The lowest BCUT2D eigenvalue weighted by Gasteiger charge is -2.11. The van der Waals surface area contributed by atoms with Crippen molar-refractivity contribution in [3.63, 3.8) is 0 Å². The first-order chi connectivity index (χ1) is 8.74. The van der Waals surface area contributed by atoms with E-state index in [2.05, 4.69) is 10.6 Å². The van der Waals surface area contributed by atoms with Gasteiger partial charge in [0.2, 0.25) is 0 Å². The number of aliphatic hydroxyl groups is 1. The summed E-state index contributed by atoms with van der Waals surface area (Å²) < 4.78 is 11.8. The zero-order chi connectivity index (χ0) is 13.2. The third kappa shape index (κ3) is 5.63. The van der Waals surface area contributed by atoms with Gasteiger partial charge in [-0.15, -0.1) is 0 Å². The molecular formula is C13H19FN2O2. The van der Waals surface area contributed by atoms with Crippen molar-refractivity contribution in [3.8, 4) is 0 Å². The van der Waals surface area contributed by atoms with Gasteiger partial charge in [-0.2, -0.15) is 0 Å². The fraction of sp³-hybridized carbons (Fsp3) is 0.462. The van der Waals surface area contributed by atoms with Crippen molar-refractivity contribution in [1.29, 1.82) is 0 Å². The number of nitrogens with one attached hydrogen (secondary N) is 2. The van der Waals surface area contributed by atoms with E-state index in [-0.39, 0.29) is 6.03 Å². The Bertz CT molecular complexity index is 346. The fourth-order valence-corrected chi connectivity index (χ4v) is 1.50. The molecule has 1 unspecified atom stereocenters. The summed E-state index contributed by atoms with van der Waals surface area (Å²) in [5.41, 5.74) is 0.831. The van der Waals surface area contributed by atoms with E-state index in [4.69, 9.17) is 0 Å². The Morgan fingerprint density at radius 2 is 1.89 bits per heavy atom. The van der Waals surface area contributed by atoms with Gasteiger partial charge in [0.25, 0.3) is 0 Å². The van der Waals surface area contributed by atoms with E-state index in [9.17, 15) is 14.3 Å². The minimum absolute atomic E-state index is 0.320. The van der Waals surface area contributed by atoms with Crippen LogP contribution in [0.3, 0.4) is 0 Å². The standard InChI is InChI=1S/C13H19FN2O2/c14-8-4-9-15-13(18)16-10-7-12(17)11-5-2-1-3-6-11/h1-3,5-6,12,17H,4,7-10H2,(H2,15,16,18). The molecule has 1 aromatic rings. The number of amides is 2. The molecule has 0 aliphatic carbocycles. The summed E-state index contributed by atoms with van der Waals surface area (Å²) in [4.78, 5) is 11.2. The maximum Gasteiger partial charge on any atom is 0.314 e. The first kappa shape index (κ1) is 14.4. The maximum absolute atomic E-state index is 11.8. The highest BCUT2D eigenvalue weighted by Crippen LogP contribution is 2.14. The van der Waals surface area contributed by atoms with E-state index in [1.54, 1.807) is 0 Å². The second-order valence-electron chi connectivity index (χ2n) is 3.94. The van der Waals surface area contributed by atoms with E-state index < -0.39 is 12.8 Å². The molecular weight excluding hydrogens is 235 g/mol. The van der Waals surface area contributed by atoms with Gasteiger partial charge in [-0.1, -0.05) is 30.3 Å². The van der Waals surface area contributed by atoms with E-state index >= 15 is 0 Å². The lowest BCUT2D eigenvalue weighted by atomic mass is 10.1. The van der Waals surface area contributed by atoms with Gasteiger partial charge in [-0.05, 0) is 18.4 Å². The normalized spacial score (nSPS) is 11.9. The van der Waals surface area contributed by atoms with Gasteiger partial charge in [0.15, 0.2) is 0 Å². The molecule has 2 amide bonds. The molecule has 100 valence electrons. The number of benzene rings is 1. The van der Waals surface area contributed by atoms with Crippen molar-refractivity contribution < 1.29 is 14.3 Å². The molecule has 0 aliphatic heterocycles. The number of halogens is 1. The van der Waals surface area contributed by atoms with Crippen LogP contribution in [0.15, 0.2) is 30.3 Å². The third-order valence-electron chi connectivity index (χ3n) is 2.48. The average Bonchev–Trinajstić information content (AvgIpc) is 2.40. The van der Waals surface area contributed by atoms with Gasteiger partial charge >= 0.3 is 6.03 Å². The molecule has 18 heavy (non-hydrogen) atoms. The monoisotopic (exact) mass is 254 g/mol. The molecule has 0 aromatic heterocycles. The van der Waals surface area contributed by atoms with Crippen LogP contribution < -0.4 is 10.6 Å². The van der Waals surface area contributed by atoms with Gasteiger partial charge in [0.1, 0.15) is 0 Å². The molecule has 1 rings (SSSR count). The fourth-order valence-electron chi connectivity index (χ4n) is 1.50. The Kier molecular flexibility index (Phi) is 6.79. The van der Waals surface area contributed by atoms with Crippen molar-refractivity contribution in [2.45, 2.75) is 18.9 Å². The number of alkyl halides is 1. The Morgan fingerprint density at radius 3 is 2.56 bits per heavy atom. The molecule has 1 aromatic carbocycles. The number of hydrogen-bond acceptors (Lipinski definition) is 2. The highest BCUT2D eigenvalue weighted by atomic mass is 19.1. The Labute approximate surface area is 106 Å². The summed E-state index contributed by atoms with van der Waals surface area (Å²) in [7, 11) is 0. The summed E-state index contributed by atoms with van der Waals surface area (Å²) in [5.74, 6) is 0. The SMILES string of the molecule is O=C(NCCCF)NCCC(O)c1ccccc1. The van der Waals surface area contributed by atoms with Gasteiger partial charge in [-0.25, -0.2) is 4.79 Å². The number of urea groups is 1. The Morgan fingerprint density at radius 1 is 1.22 bits per heavy atom. The van der Waals surface area contributed by atoms with Crippen LogP contribution in [0.2, 0.25) is 0 Å². The smallest absolute Gasteiger partial charge is 0.314 e. The summed E-state index contributed by atoms with van der Waals surface area (Å²) in [6.07, 6.45) is 0.179. The van der Waals surface area contributed by atoms with Crippen LogP contribution in [0, 0.1) is 0 Å². The molecule has 1 atom stereocenters. The van der Waals surface area contributed by atoms with Crippen molar-refractivity contribution in [1.82, 2.24) is 10.6 Å². The van der Waals surface area contributed by atoms with Crippen LogP contribution in [-0.4, -0.2) is 30.9 Å². The van der Waals surface area contributed by atoms with Gasteiger partial charge in [0, 0.05) is 13.1 Å². The zero-order valence-electron chi connectivity index (χ0n) is 10.2. The second kappa shape index (κ2) is 8.47. The second-order valence-corrected chi connectivity index (χ2v) is 3.94. The van der Waals surface area contributed by atoms with Gasteiger partial charge in [0.05, 0.1) is 12.8 Å². The van der Waals surface area contributed by atoms with Crippen LogP contribution in [0.25, 0.3) is 0 Å². The molecule has 3 N–H and O–H groups in total. The highest BCUT2D eigenvalue weighted by Gasteiger charge is 2.07. The van der Waals surface area contributed by atoms with Gasteiger partial charge < -0.3 is 15.7 Å². The predicted octanol–water partition coefficient (Wildman–Crippen LogP) is 1.77. The molecule has 0 radical (unpaired) electrons. The van der Waals surface area contributed by atoms with Crippen molar-refractivity contribution >= 4 is 6.03 Å². The molecule has 0 bridgehead atoms. The Hall–Kier alpha value is -1.62. The van der Waals surface area contributed by atoms with Crippen LogP contribution in [-0.2, 0) is 0 Å². The average molecular weight is 254 g/mol. The van der Waals surface area contributed by atoms with Gasteiger partial charge in [-0.3, -0.25) is 4.39 Å². The number of carbonyl (C=O) groups excluding carboxylic acids is 1. The number of rotatable bonds is 7. The molecule has 5 heteroatoms. The summed E-state index contributed by atoms with van der Waals surface area (Å²) in [5, 5.41) is 15.0. The maximum atomic E-state index is 11.8. The number of hydrogen-bond donors (Lipinski definition) is 3. The quantitative estimate of drug-likeness (QED) is 0.649. The van der Waals surface area contributed by atoms with E-state index in [0.717, 1.165) is 5.56 Å². The lowest BCUT2D eigenvalue weighted by Crippen LogP contribution is -2.37. The molecule has 4 nitrogen and oxygen atoms in total. The molecule has 0 saturated carbocycles. The van der Waals surface area contributed by atoms with Crippen molar-refractivity contribution in [2.24, 2.45) is 0 Å². The number of aliphatic hydroxyl groups excluding tert-OH is 1. The zero-order valence-corrected chi connectivity index (χ0v) is 10.2. The van der Waals surface area contributed by atoms with Crippen LogP contribution in [0.4, 0.5) is 9.18 Å². The first-order valence-corrected chi connectivity index (χ1v) is 6.04. The van der Waals surface area contributed by atoms with Crippen molar-refractivity contribution in [3.05, 3.63) is 35.9 Å². The minimum Gasteiger partial charge on any atom is -0.388 e. The highest BCUT2D eigenvalue weighted by molar-refractivity contribution is 5.73. The first-order valence-electron chi connectivity index (χ1n) is 6.04. The van der Waals surface area contributed by atoms with E-state index in [0.29, 0.717) is 25.9 Å². The molecule has 0 spiro atoms. The summed E-state index contributed by atoms with van der Waals surface area (Å²) in [6.45, 7) is 0.258. The van der Waals surface area contributed by atoms with Crippen LogP contribution >= 0.6 is 0 Å². The minimum atomic E-state index is -0.586. The topological polar surface area (TPSA) is 61.4 Å². The molecule has 0 saturated heterocycles. The summed E-state index contributed by atoms with van der Waals surface area (Å²) >= 11 is 0. The largest absolute Gasteiger partial charge is 0.388 e. The molecule has 0 aliphatic rings. The Balaban J connectivity index is 2.16. The number of carbonyl (C=O) groups is 1.